The Morgan fingerprint density at radius 3 is 1.31 bits per heavy atom. The van der Waals surface area contributed by atoms with E-state index in [0.29, 0.717) is 19.3 Å². The lowest BCUT2D eigenvalue weighted by Gasteiger charge is -2.31. The number of allylic oxidation sites excluding steroid dienone is 4. The van der Waals surface area contributed by atoms with Crippen molar-refractivity contribution < 1.29 is 38.2 Å². The number of rotatable bonds is 41. The van der Waals surface area contributed by atoms with E-state index in [1.165, 1.54) is 128 Å². The van der Waals surface area contributed by atoms with Gasteiger partial charge in [0.2, 0.25) is 0 Å². The molecule has 0 aromatic heterocycles. The third-order valence-electron chi connectivity index (χ3n) is 10.3. The minimum Gasteiger partial charge on any atom is -0.477 e. The van der Waals surface area contributed by atoms with E-state index in [0.717, 1.165) is 44.9 Å². The molecule has 8 heteroatoms. The molecule has 0 aliphatic rings. The number of carboxylic acids is 1. The van der Waals surface area contributed by atoms with Crippen LogP contribution in [0.5, 0.6) is 0 Å². The fraction of sp³-hybridized carbons (Fsp3) is 0.851. The number of aliphatic carboxylic acids is 1. The van der Waals surface area contributed by atoms with Crippen molar-refractivity contribution in [2.24, 2.45) is 0 Å². The van der Waals surface area contributed by atoms with Crippen LogP contribution in [-0.4, -0.2) is 80.6 Å². The Balaban J connectivity index is 4.33. The zero-order valence-corrected chi connectivity index (χ0v) is 36.6. The predicted molar refractivity (Wildman–Crippen MR) is 229 cm³/mol. The molecular weight excluding hydrogens is 691 g/mol. The van der Waals surface area contributed by atoms with Gasteiger partial charge in [-0.1, -0.05) is 147 Å². The smallest absolute Gasteiger partial charge is 0.362 e. The molecule has 0 aliphatic carbocycles. The van der Waals surface area contributed by atoms with Crippen molar-refractivity contribution in [1.82, 2.24) is 0 Å². The van der Waals surface area contributed by atoms with Crippen LogP contribution in [0.1, 0.15) is 206 Å². The zero-order chi connectivity index (χ0) is 40.7. The second kappa shape index (κ2) is 38.7. The molecule has 0 heterocycles. The summed E-state index contributed by atoms with van der Waals surface area (Å²) in [6, 6.07) is -0.614. The van der Waals surface area contributed by atoms with Crippen molar-refractivity contribution >= 4 is 17.9 Å². The Bertz CT molecular complexity index is 957. The Morgan fingerprint density at radius 2 is 0.909 bits per heavy atom. The molecule has 0 aromatic carbocycles. The molecule has 0 saturated carbocycles. The fourth-order valence-electron chi connectivity index (χ4n) is 6.73. The van der Waals surface area contributed by atoms with E-state index in [4.69, 9.17) is 14.2 Å². The normalized spacial score (nSPS) is 13.1. The summed E-state index contributed by atoms with van der Waals surface area (Å²) in [5, 5.41) is 9.62. The number of carboxylic acid groups (broad SMARTS) is 1. The van der Waals surface area contributed by atoms with E-state index in [1.807, 2.05) is 21.1 Å². The molecule has 0 radical (unpaired) electrons. The topological polar surface area (TPSA) is 99.1 Å². The van der Waals surface area contributed by atoms with Gasteiger partial charge in [0.05, 0.1) is 34.4 Å². The van der Waals surface area contributed by atoms with E-state index in [2.05, 4.69) is 38.2 Å². The third kappa shape index (κ3) is 37.2. The molecule has 0 aliphatic heterocycles. The summed E-state index contributed by atoms with van der Waals surface area (Å²) in [5.74, 6) is -1.48. The standard InChI is InChI=1S/C47H87NO7/c1-6-8-10-12-14-16-18-20-22-23-24-26-28-30-32-34-36-38-46(50)55-43(41-53-40-39-44(47(51)52)48(3,4)5)42-54-45(49)37-35-33-31-29-27-25-21-19-17-15-13-11-9-7-2/h19-22,43-44H,6-18,23-42H2,1-5H3/p+1/b21-19-,22-20-. The Morgan fingerprint density at radius 1 is 0.527 bits per heavy atom. The highest BCUT2D eigenvalue weighted by Gasteiger charge is 2.31. The Hall–Kier alpha value is -2.19. The first-order valence-corrected chi connectivity index (χ1v) is 22.9. The number of esters is 2. The second-order valence-electron chi connectivity index (χ2n) is 16.7. The molecule has 1 N–H and O–H groups in total. The number of carbonyl (C=O) groups excluding carboxylic acids is 2. The second-order valence-corrected chi connectivity index (χ2v) is 16.7. The highest BCUT2D eigenvalue weighted by atomic mass is 16.6. The number of quaternary nitrogens is 1. The lowest BCUT2D eigenvalue weighted by Crippen LogP contribution is -2.50. The van der Waals surface area contributed by atoms with Gasteiger partial charge in [-0.25, -0.2) is 4.79 Å². The quantitative estimate of drug-likeness (QED) is 0.0285. The van der Waals surface area contributed by atoms with E-state index < -0.39 is 18.1 Å². The zero-order valence-electron chi connectivity index (χ0n) is 36.6. The first-order valence-electron chi connectivity index (χ1n) is 22.9. The van der Waals surface area contributed by atoms with Gasteiger partial charge in [-0.3, -0.25) is 9.59 Å². The van der Waals surface area contributed by atoms with Crippen LogP contribution in [0.4, 0.5) is 0 Å². The van der Waals surface area contributed by atoms with Gasteiger partial charge in [0.1, 0.15) is 6.61 Å². The molecule has 0 bridgehead atoms. The van der Waals surface area contributed by atoms with E-state index in [1.54, 1.807) is 0 Å². The summed E-state index contributed by atoms with van der Waals surface area (Å²) in [6.45, 7) is 4.72. The lowest BCUT2D eigenvalue weighted by molar-refractivity contribution is -0.887. The fourth-order valence-corrected chi connectivity index (χ4v) is 6.73. The molecule has 0 spiro atoms. The highest BCUT2D eigenvalue weighted by molar-refractivity contribution is 5.72. The van der Waals surface area contributed by atoms with Crippen molar-refractivity contribution in [3.05, 3.63) is 24.3 Å². The molecule has 2 atom stereocenters. The highest BCUT2D eigenvalue weighted by Crippen LogP contribution is 2.14. The average Bonchev–Trinajstić information content (AvgIpc) is 3.14. The van der Waals surface area contributed by atoms with Crippen LogP contribution in [0.25, 0.3) is 0 Å². The van der Waals surface area contributed by atoms with Gasteiger partial charge in [0, 0.05) is 19.3 Å². The van der Waals surface area contributed by atoms with E-state index in [9.17, 15) is 19.5 Å². The van der Waals surface area contributed by atoms with Crippen LogP contribution in [-0.2, 0) is 28.6 Å². The molecule has 0 aromatic rings. The van der Waals surface area contributed by atoms with Gasteiger partial charge < -0.3 is 23.8 Å². The number of likely N-dealkylation sites (N-methyl/N-ethyl adjacent to an activating group) is 1. The van der Waals surface area contributed by atoms with Crippen molar-refractivity contribution in [2.45, 2.75) is 219 Å². The van der Waals surface area contributed by atoms with Crippen LogP contribution < -0.4 is 0 Å². The van der Waals surface area contributed by atoms with Gasteiger partial charge >= 0.3 is 17.9 Å². The number of carbonyl (C=O) groups is 3. The SMILES string of the molecule is CCCCCCC/C=C\CCCCCCCC(=O)OCC(COCCC(C(=O)O)[N+](C)(C)C)OC(=O)CCCCCCCCC/C=C\CCCCCCCC. The van der Waals surface area contributed by atoms with Crippen LogP contribution in [0.15, 0.2) is 24.3 Å². The number of hydrogen-bond acceptors (Lipinski definition) is 6. The largest absolute Gasteiger partial charge is 0.477 e. The maximum atomic E-state index is 12.7. The average molecular weight is 779 g/mol. The molecule has 322 valence electrons. The summed E-state index contributed by atoms with van der Waals surface area (Å²) in [4.78, 5) is 37.0. The number of unbranched alkanes of at least 4 members (excludes halogenated alkanes) is 23. The maximum Gasteiger partial charge on any atom is 0.362 e. The molecule has 8 nitrogen and oxygen atoms in total. The first-order chi connectivity index (χ1) is 26.6. The van der Waals surface area contributed by atoms with Crippen LogP contribution in [0.3, 0.4) is 0 Å². The van der Waals surface area contributed by atoms with Gasteiger partial charge in [-0.15, -0.1) is 0 Å². The van der Waals surface area contributed by atoms with Crippen molar-refractivity contribution in [3.63, 3.8) is 0 Å². The van der Waals surface area contributed by atoms with Gasteiger partial charge in [0.15, 0.2) is 12.1 Å². The summed E-state index contributed by atoms with van der Waals surface area (Å²) in [6.07, 6.45) is 42.1. The molecule has 0 amide bonds. The number of hydrogen-bond donors (Lipinski definition) is 1. The summed E-state index contributed by atoms with van der Waals surface area (Å²) >= 11 is 0. The van der Waals surface area contributed by atoms with Crippen molar-refractivity contribution in [1.29, 1.82) is 0 Å². The molecule has 0 saturated heterocycles. The van der Waals surface area contributed by atoms with Crippen LogP contribution in [0, 0.1) is 0 Å². The van der Waals surface area contributed by atoms with Gasteiger partial charge in [0.25, 0.3) is 0 Å². The predicted octanol–water partition coefficient (Wildman–Crippen LogP) is 12.5. The number of ether oxygens (including phenoxy) is 3. The van der Waals surface area contributed by atoms with Gasteiger partial charge in [-0.2, -0.15) is 0 Å². The molecule has 0 fully saturated rings. The summed E-state index contributed by atoms with van der Waals surface area (Å²) < 4.78 is 17.3. The van der Waals surface area contributed by atoms with Crippen LogP contribution in [0.2, 0.25) is 0 Å². The maximum absolute atomic E-state index is 12.7. The first kappa shape index (κ1) is 52.8. The monoisotopic (exact) mass is 779 g/mol. The van der Waals surface area contributed by atoms with Crippen molar-refractivity contribution in [2.75, 3.05) is 41.0 Å². The lowest BCUT2D eigenvalue weighted by atomic mass is 10.1. The molecule has 2 unspecified atom stereocenters. The summed E-state index contributed by atoms with van der Waals surface area (Å²) in [7, 11) is 5.53. The molecule has 55 heavy (non-hydrogen) atoms. The molecular formula is C47H88NO7+. The van der Waals surface area contributed by atoms with E-state index >= 15 is 0 Å². The minimum atomic E-state index is -0.875. The summed E-state index contributed by atoms with van der Waals surface area (Å²) in [5.41, 5.74) is 0. The number of nitrogens with zero attached hydrogens (tertiary/aromatic N) is 1. The Labute approximate surface area is 339 Å². The molecule has 0 rings (SSSR count). The van der Waals surface area contributed by atoms with Crippen molar-refractivity contribution in [3.8, 4) is 0 Å². The third-order valence-corrected chi connectivity index (χ3v) is 10.3. The van der Waals surface area contributed by atoms with Gasteiger partial charge in [-0.05, 0) is 64.2 Å². The van der Waals surface area contributed by atoms with Crippen LogP contribution >= 0.6 is 0 Å². The van der Waals surface area contributed by atoms with E-state index in [-0.39, 0.29) is 36.2 Å². The Kier molecular flexibility index (Phi) is 37.1. The minimum absolute atomic E-state index is 0.0541.